The Morgan fingerprint density at radius 1 is 1.62 bits per heavy atom. The largest absolute Gasteiger partial charge is 0.452 e. The highest BCUT2D eigenvalue weighted by Gasteiger charge is 2.35. The number of nitrogens with one attached hydrogen (secondary N) is 1. The van der Waals surface area contributed by atoms with Crippen molar-refractivity contribution in [3.63, 3.8) is 0 Å². The van der Waals surface area contributed by atoms with Crippen LogP contribution in [0.1, 0.15) is 12.8 Å². The number of carbonyl (C=O) groups excluding carboxylic acids is 2. The molecule has 1 fully saturated rings. The Morgan fingerprint density at radius 2 is 2.31 bits per heavy atom. The third-order valence-corrected chi connectivity index (χ3v) is 3.55. The fourth-order valence-corrected chi connectivity index (χ4v) is 2.65. The fraction of sp³-hybridized carbons (Fsp3) is 0.714. The summed E-state index contributed by atoms with van der Waals surface area (Å²) in [6, 6.07) is 0. The number of hydrogen-bond donors (Lipinski definition) is 1. The number of amides is 1. The summed E-state index contributed by atoms with van der Waals surface area (Å²) in [5.41, 5.74) is 0. The summed E-state index contributed by atoms with van der Waals surface area (Å²) >= 11 is 0. The van der Waals surface area contributed by atoms with Crippen LogP contribution in [0, 0.1) is 0 Å². The number of nitrogens with zero attached hydrogens (tertiary/aromatic N) is 2. The van der Waals surface area contributed by atoms with E-state index in [9.17, 15) is 18.0 Å². The second-order valence-electron chi connectivity index (χ2n) is 3.05. The molecule has 9 heteroatoms. The molecule has 8 nitrogen and oxygen atoms in total. The number of carbonyl (C=O) groups is 1. The zero-order valence-electron chi connectivity index (χ0n) is 8.54. The summed E-state index contributed by atoms with van der Waals surface area (Å²) in [5.74, 6) is 0. The molecular formula is C7H11N3O5S. The summed E-state index contributed by atoms with van der Waals surface area (Å²) in [7, 11) is -2.96. The van der Waals surface area contributed by atoms with E-state index in [1.54, 1.807) is 4.72 Å². The molecule has 0 spiro atoms. The molecule has 1 amide bonds. The molecule has 1 unspecified atom stereocenters. The lowest BCUT2D eigenvalue weighted by molar-refractivity contribution is 0.177. The maximum absolute atomic E-state index is 11.6. The van der Waals surface area contributed by atoms with Gasteiger partial charge in [0, 0.05) is 6.54 Å². The maximum Gasteiger partial charge on any atom is 0.421 e. The van der Waals surface area contributed by atoms with Gasteiger partial charge in [0.1, 0.15) is 6.17 Å². The van der Waals surface area contributed by atoms with E-state index in [1.807, 2.05) is 0 Å². The predicted octanol–water partition coefficient (Wildman–Crippen LogP) is -0.655. The van der Waals surface area contributed by atoms with Crippen LogP contribution in [0.2, 0.25) is 0 Å². The number of hydrogen-bond acceptors (Lipinski definition) is 6. The van der Waals surface area contributed by atoms with Crippen LogP contribution in [0.5, 0.6) is 0 Å². The normalized spacial score (nSPS) is 21.2. The first kappa shape index (κ1) is 12.6. The molecule has 1 aliphatic heterocycles. The van der Waals surface area contributed by atoms with Gasteiger partial charge < -0.3 is 4.74 Å². The standard InChI is InChI=1S/C7H11N3O5S/c1-15-7(12)9-16(13,14)10-4-2-3-6(10)8-5-11/h6H,2-4H2,1H3,(H,9,12). The predicted molar refractivity (Wildman–Crippen MR) is 52.3 cm³/mol. The van der Waals surface area contributed by atoms with E-state index < -0.39 is 22.5 Å². The maximum atomic E-state index is 11.6. The van der Waals surface area contributed by atoms with E-state index >= 15 is 0 Å². The SMILES string of the molecule is COC(=O)NS(=O)(=O)N1CCCC1N=C=O. The highest BCUT2D eigenvalue weighted by atomic mass is 32.2. The lowest BCUT2D eigenvalue weighted by atomic mass is 10.3. The van der Waals surface area contributed by atoms with E-state index in [0.717, 1.165) is 11.4 Å². The van der Waals surface area contributed by atoms with Crippen LogP contribution in [0.15, 0.2) is 4.99 Å². The van der Waals surface area contributed by atoms with Crippen molar-refractivity contribution < 1.29 is 22.7 Å². The first-order valence-corrected chi connectivity index (χ1v) is 5.90. The molecule has 1 rings (SSSR count). The van der Waals surface area contributed by atoms with E-state index in [2.05, 4.69) is 9.73 Å². The van der Waals surface area contributed by atoms with Gasteiger partial charge in [0.05, 0.1) is 7.11 Å². The molecule has 0 radical (unpaired) electrons. The number of methoxy groups -OCH3 is 1. The summed E-state index contributed by atoms with van der Waals surface area (Å²) < 4.78 is 30.0. The van der Waals surface area contributed by atoms with Crippen LogP contribution in [-0.4, -0.2) is 44.7 Å². The summed E-state index contributed by atoms with van der Waals surface area (Å²) in [5, 5.41) is 0. The van der Waals surface area contributed by atoms with Gasteiger partial charge in [-0.25, -0.2) is 14.3 Å². The highest BCUT2D eigenvalue weighted by Crippen LogP contribution is 2.20. The van der Waals surface area contributed by atoms with Crippen LogP contribution < -0.4 is 4.72 Å². The van der Waals surface area contributed by atoms with Crippen molar-refractivity contribution in [3.05, 3.63) is 0 Å². The van der Waals surface area contributed by atoms with Gasteiger partial charge in [-0.15, -0.1) is 0 Å². The van der Waals surface area contributed by atoms with Gasteiger partial charge in [0.25, 0.3) is 0 Å². The van der Waals surface area contributed by atoms with Crippen LogP contribution in [0.25, 0.3) is 0 Å². The van der Waals surface area contributed by atoms with Crippen molar-refractivity contribution in [1.29, 1.82) is 0 Å². The Balaban J connectivity index is 2.82. The van der Waals surface area contributed by atoms with Gasteiger partial charge in [0.15, 0.2) is 0 Å². The van der Waals surface area contributed by atoms with Crippen LogP contribution in [-0.2, 0) is 19.7 Å². The average Bonchev–Trinajstić information content (AvgIpc) is 2.66. The average molecular weight is 249 g/mol. The molecule has 0 saturated carbocycles. The Bertz CT molecular complexity index is 414. The minimum Gasteiger partial charge on any atom is -0.452 e. The molecule has 1 saturated heterocycles. The lowest BCUT2D eigenvalue weighted by Crippen LogP contribution is -2.45. The highest BCUT2D eigenvalue weighted by molar-refractivity contribution is 7.87. The number of isocyanates is 1. The molecular weight excluding hydrogens is 238 g/mol. The second kappa shape index (κ2) is 5.06. The quantitative estimate of drug-likeness (QED) is 0.528. The first-order valence-electron chi connectivity index (χ1n) is 4.46. The Morgan fingerprint density at radius 3 is 2.88 bits per heavy atom. The minimum atomic E-state index is -4.01. The molecule has 1 heterocycles. The molecule has 16 heavy (non-hydrogen) atoms. The summed E-state index contributed by atoms with van der Waals surface area (Å²) in [4.78, 5) is 24.2. The zero-order chi connectivity index (χ0) is 12.2. The molecule has 0 aromatic heterocycles. The lowest BCUT2D eigenvalue weighted by Gasteiger charge is -2.19. The van der Waals surface area contributed by atoms with Crippen molar-refractivity contribution in [2.24, 2.45) is 4.99 Å². The Hall–Kier alpha value is -1.44. The molecule has 1 atom stereocenters. The third kappa shape index (κ3) is 2.78. The molecule has 0 aromatic rings. The molecule has 0 aliphatic carbocycles. The van der Waals surface area contributed by atoms with Crippen LogP contribution >= 0.6 is 0 Å². The van der Waals surface area contributed by atoms with E-state index in [-0.39, 0.29) is 6.54 Å². The summed E-state index contributed by atoms with van der Waals surface area (Å²) in [6.45, 7) is 0.197. The Labute approximate surface area is 92.5 Å². The molecule has 1 aliphatic rings. The van der Waals surface area contributed by atoms with E-state index in [4.69, 9.17) is 0 Å². The molecule has 1 N–H and O–H groups in total. The van der Waals surface area contributed by atoms with E-state index in [0.29, 0.717) is 12.8 Å². The smallest absolute Gasteiger partial charge is 0.421 e. The van der Waals surface area contributed by atoms with Crippen molar-refractivity contribution in [2.45, 2.75) is 19.0 Å². The summed E-state index contributed by atoms with van der Waals surface area (Å²) in [6.07, 6.45) is 0.425. The molecule has 90 valence electrons. The second-order valence-corrected chi connectivity index (χ2v) is 4.68. The number of ether oxygens (including phenoxy) is 1. The molecule has 0 aromatic carbocycles. The van der Waals surface area contributed by atoms with Gasteiger partial charge in [0.2, 0.25) is 6.08 Å². The van der Waals surface area contributed by atoms with Crippen LogP contribution in [0.3, 0.4) is 0 Å². The number of aliphatic imine (C=N–C) groups is 1. The molecule has 0 bridgehead atoms. The third-order valence-electron chi connectivity index (χ3n) is 2.08. The monoisotopic (exact) mass is 249 g/mol. The van der Waals surface area contributed by atoms with Gasteiger partial charge >= 0.3 is 16.3 Å². The van der Waals surface area contributed by atoms with Crippen LogP contribution in [0.4, 0.5) is 4.79 Å². The van der Waals surface area contributed by atoms with Gasteiger partial charge in [-0.1, -0.05) is 0 Å². The van der Waals surface area contributed by atoms with Crippen molar-refractivity contribution >= 4 is 22.4 Å². The number of rotatable bonds is 3. The van der Waals surface area contributed by atoms with Crippen molar-refractivity contribution in [2.75, 3.05) is 13.7 Å². The Kier molecular flexibility index (Phi) is 3.99. The van der Waals surface area contributed by atoms with Crippen molar-refractivity contribution in [1.82, 2.24) is 9.03 Å². The van der Waals surface area contributed by atoms with Gasteiger partial charge in [-0.2, -0.15) is 17.7 Å². The fourth-order valence-electron chi connectivity index (χ4n) is 1.40. The van der Waals surface area contributed by atoms with E-state index in [1.165, 1.54) is 6.08 Å². The first-order chi connectivity index (χ1) is 7.51. The van der Waals surface area contributed by atoms with Crippen molar-refractivity contribution in [3.8, 4) is 0 Å². The van der Waals surface area contributed by atoms with Gasteiger partial charge in [-0.05, 0) is 12.8 Å². The van der Waals surface area contributed by atoms with Gasteiger partial charge in [-0.3, -0.25) is 0 Å². The minimum absolute atomic E-state index is 0.197. The zero-order valence-corrected chi connectivity index (χ0v) is 9.36. The topological polar surface area (TPSA) is 105 Å².